The van der Waals surface area contributed by atoms with Crippen molar-refractivity contribution >= 4 is 44.2 Å². The molecule has 2 aromatic rings. The first-order valence-corrected chi connectivity index (χ1v) is 10.3. The second-order valence-electron chi connectivity index (χ2n) is 5.63. The Morgan fingerprint density at radius 2 is 1.88 bits per heavy atom. The second-order valence-corrected chi connectivity index (χ2v) is 8.78. The Labute approximate surface area is 164 Å². The lowest BCUT2D eigenvalue weighted by atomic mass is 10.2. The number of rotatable bonds is 4. The van der Waals surface area contributed by atoms with E-state index in [4.69, 9.17) is 4.74 Å². The number of benzene rings is 2. The summed E-state index contributed by atoms with van der Waals surface area (Å²) in [6, 6.07) is 10.5. The summed E-state index contributed by atoms with van der Waals surface area (Å²) in [6.07, 6.45) is 0. The maximum Gasteiger partial charge on any atom is 0.255 e. The van der Waals surface area contributed by atoms with Gasteiger partial charge in [-0.25, -0.2) is 12.8 Å². The summed E-state index contributed by atoms with van der Waals surface area (Å²) in [6.45, 7) is 0.822. The van der Waals surface area contributed by atoms with Crippen LogP contribution >= 0.6 is 22.6 Å². The predicted molar refractivity (Wildman–Crippen MR) is 103 cm³/mol. The molecule has 1 saturated heterocycles. The van der Waals surface area contributed by atoms with Crippen LogP contribution in [-0.4, -0.2) is 44.9 Å². The van der Waals surface area contributed by atoms with E-state index in [2.05, 4.69) is 27.9 Å². The SMILES string of the molecule is O=C(Nc1cccc(I)c1)c1ccc(F)c(S(=O)(=O)N2CCOCC2)c1. The number of hydrogen-bond acceptors (Lipinski definition) is 4. The van der Waals surface area contributed by atoms with Crippen molar-refractivity contribution < 1.29 is 22.3 Å². The van der Waals surface area contributed by atoms with Crippen LogP contribution in [0.25, 0.3) is 0 Å². The second kappa shape index (κ2) is 7.99. The molecule has 0 atom stereocenters. The number of anilines is 1. The molecule has 1 aliphatic rings. The van der Waals surface area contributed by atoms with Crippen molar-refractivity contribution in [1.29, 1.82) is 0 Å². The van der Waals surface area contributed by atoms with Gasteiger partial charge in [-0.15, -0.1) is 0 Å². The molecule has 0 aromatic heterocycles. The Balaban J connectivity index is 1.88. The monoisotopic (exact) mass is 490 g/mol. The first-order valence-electron chi connectivity index (χ1n) is 7.82. The highest BCUT2D eigenvalue weighted by Gasteiger charge is 2.29. The highest BCUT2D eigenvalue weighted by Crippen LogP contribution is 2.22. The van der Waals surface area contributed by atoms with Crippen molar-refractivity contribution in [3.8, 4) is 0 Å². The molecule has 0 spiro atoms. The van der Waals surface area contributed by atoms with Gasteiger partial charge in [0.1, 0.15) is 10.7 Å². The van der Waals surface area contributed by atoms with Crippen molar-refractivity contribution in [2.75, 3.05) is 31.6 Å². The van der Waals surface area contributed by atoms with Crippen LogP contribution in [0.2, 0.25) is 0 Å². The number of morpholine rings is 1. The van der Waals surface area contributed by atoms with Gasteiger partial charge in [-0.05, 0) is 59.0 Å². The van der Waals surface area contributed by atoms with Crippen LogP contribution in [0.4, 0.5) is 10.1 Å². The fourth-order valence-electron chi connectivity index (χ4n) is 2.54. The van der Waals surface area contributed by atoms with Gasteiger partial charge in [-0.1, -0.05) is 6.07 Å². The summed E-state index contributed by atoms with van der Waals surface area (Å²) in [5, 5.41) is 2.68. The van der Waals surface area contributed by atoms with Crippen molar-refractivity contribution in [1.82, 2.24) is 4.31 Å². The smallest absolute Gasteiger partial charge is 0.255 e. The number of carbonyl (C=O) groups excluding carboxylic acids is 1. The first kappa shape index (κ1) is 19.2. The number of ether oxygens (including phenoxy) is 1. The predicted octanol–water partition coefficient (Wildman–Crippen LogP) is 2.70. The summed E-state index contributed by atoms with van der Waals surface area (Å²) in [7, 11) is -4.03. The van der Waals surface area contributed by atoms with Crippen LogP contribution < -0.4 is 5.32 Å². The maximum atomic E-state index is 14.2. The molecule has 2 aromatic carbocycles. The third kappa shape index (κ3) is 4.22. The van der Waals surface area contributed by atoms with E-state index in [9.17, 15) is 17.6 Å². The summed E-state index contributed by atoms with van der Waals surface area (Å²) in [5.41, 5.74) is 0.640. The number of amides is 1. The molecule has 0 saturated carbocycles. The van der Waals surface area contributed by atoms with Gasteiger partial charge in [0.15, 0.2) is 0 Å². The lowest BCUT2D eigenvalue weighted by molar-refractivity contribution is 0.0729. The third-order valence-electron chi connectivity index (χ3n) is 3.86. The lowest BCUT2D eigenvalue weighted by Gasteiger charge is -2.26. The molecule has 6 nitrogen and oxygen atoms in total. The summed E-state index contributed by atoms with van der Waals surface area (Å²) in [5.74, 6) is -1.40. The zero-order valence-corrected chi connectivity index (χ0v) is 16.6. The van der Waals surface area contributed by atoms with Crippen molar-refractivity contribution in [2.45, 2.75) is 4.90 Å². The molecule has 0 unspecified atom stereocenters. The van der Waals surface area contributed by atoms with Crippen LogP contribution in [0.1, 0.15) is 10.4 Å². The average molecular weight is 490 g/mol. The Hall–Kier alpha value is -1.56. The van der Waals surface area contributed by atoms with Crippen LogP contribution in [0.5, 0.6) is 0 Å². The van der Waals surface area contributed by atoms with Crippen LogP contribution in [0.15, 0.2) is 47.4 Å². The van der Waals surface area contributed by atoms with Gasteiger partial charge in [-0.2, -0.15) is 4.31 Å². The van der Waals surface area contributed by atoms with E-state index >= 15 is 0 Å². The first-order chi connectivity index (χ1) is 12.4. The molecule has 1 heterocycles. The van der Waals surface area contributed by atoms with Crippen molar-refractivity contribution in [3.63, 3.8) is 0 Å². The van der Waals surface area contributed by atoms with E-state index in [0.717, 1.165) is 20.0 Å². The van der Waals surface area contributed by atoms with E-state index in [-0.39, 0.29) is 31.9 Å². The average Bonchev–Trinajstić information content (AvgIpc) is 2.62. The fourth-order valence-corrected chi connectivity index (χ4v) is 4.58. The molecule has 3 rings (SSSR count). The standard InChI is InChI=1S/C17H16FIN2O4S/c18-15-5-4-12(17(22)20-14-3-1-2-13(19)11-14)10-16(15)26(23,24)21-6-8-25-9-7-21/h1-5,10-11H,6-9H2,(H,20,22). The van der Waals surface area contributed by atoms with Crippen molar-refractivity contribution in [2.24, 2.45) is 0 Å². The minimum atomic E-state index is -4.03. The summed E-state index contributed by atoms with van der Waals surface area (Å²) >= 11 is 2.12. The number of nitrogens with zero attached hydrogens (tertiary/aromatic N) is 1. The van der Waals surface area contributed by atoms with E-state index in [1.807, 2.05) is 6.07 Å². The zero-order valence-electron chi connectivity index (χ0n) is 13.6. The highest BCUT2D eigenvalue weighted by molar-refractivity contribution is 14.1. The Morgan fingerprint density at radius 3 is 2.58 bits per heavy atom. The van der Waals surface area contributed by atoms with Crippen LogP contribution in [0, 0.1) is 9.39 Å². The molecule has 0 aliphatic carbocycles. The van der Waals surface area contributed by atoms with Gasteiger partial charge in [0, 0.05) is 27.9 Å². The molecule has 1 N–H and O–H groups in total. The molecule has 1 aliphatic heterocycles. The molecular weight excluding hydrogens is 474 g/mol. The van der Waals surface area contributed by atoms with Gasteiger partial charge in [0.25, 0.3) is 5.91 Å². The van der Waals surface area contributed by atoms with Gasteiger partial charge in [-0.3, -0.25) is 4.79 Å². The Morgan fingerprint density at radius 1 is 1.15 bits per heavy atom. The molecule has 0 bridgehead atoms. The topological polar surface area (TPSA) is 75.7 Å². The number of nitrogens with one attached hydrogen (secondary N) is 1. The Kier molecular flexibility index (Phi) is 5.90. The third-order valence-corrected chi connectivity index (χ3v) is 6.45. The quantitative estimate of drug-likeness (QED) is 0.670. The van der Waals surface area contributed by atoms with Gasteiger partial charge in [0.05, 0.1) is 13.2 Å². The van der Waals surface area contributed by atoms with E-state index in [0.29, 0.717) is 5.69 Å². The normalized spacial score (nSPS) is 15.6. The highest BCUT2D eigenvalue weighted by atomic mass is 127. The summed E-state index contributed by atoms with van der Waals surface area (Å²) in [4.78, 5) is 11.9. The minimum absolute atomic E-state index is 0.0668. The molecule has 9 heteroatoms. The molecule has 1 fully saturated rings. The number of sulfonamides is 1. The van der Waals surface area contributed by atoms with Gasteiger partial charge >= 0.3 is 0 Å². The Bertz CT molecular complexity index is 930. The molecule has 0 radical (unpaired) electrons. The van der Waals surface area contributed by atoms with E-state index in [1.54, 1.807) is 18.2 Å². The maximum absolute atomic E-state index is 14.2. The van der Waals surface area contributed by atoms with Gasteiger partial charge < -0.3 is 10.1 Å². The molecule has 138 valence electrons. The molecule has 1 amide bonds. The molecule has 26 heavy (non-hydrogen) atoms. The number of hydrogen-bond donors (Lipinski definition) is 1. The summed E-state index contributed by atoms with van der Waals surface area (Å²) < 4.78 is 46.8. The van der Waals surface area contributed by atoms with Crippen LogP contribution in [-0.2, 0) is 14.8 Å². The number of carbonyl (C=O) groups is 1. The van der Waals surface area contributed by atoms with Gasteiger partial charge in [0.2, 0.25) is 10.0 Å². The number of halogens is 2. The lowest BCUT2D eigenvalue weighted by Crippen LogP contribution is -2.41. The fraction of sp³-hybridized carbons (Fsp3) is 0.235. The van der Waals surface area contributed by atoms with E-state index < -0.39 is 26.6 Å². The molecular formula is C17H16FIN2O4S. The minimum Gasteiger partial charge on any atom is -0.379 e. The zero-order chi connectivity index (χ0) is 18.7. The van der Waals surface area contributed by atoms with Crippen LogP contribution in [0.3, 0.4) is 0 Å². The largest absolute Gasteiger partial charge is 0.379 e. The van der Waals surface area contributed by atoms with Crippen molar-refractivity contribution in [3.05, 3.63) is 57.4 Å². The van der Waals surface area contributed by atoms with E-state index in [1.165, 1.54) is 6.07 Å².